The van der Waals surface area contributed by atoms with E-state index in [1.165, 1.54) is 31.0 Å². The quantitative estimate of drug-likeness (QED) is 0.714. The minimum absolute atomic E-state index is 0.0130. The molecule has 2 aromatic carbocycles. The number of ether oxygens (including phenoxy) is 1. The lowest BCUT2D eigenvalue weighted by atomic mass is 10.3. The van der Waals surface area contributed by atoms with Crippen LogP contribution in [0.1, 0.15) is 25.7 Å². The lowest BCUT2D eigenvalue weighted by Gasteiger charge is -2.14. The second kappa shape index (κ2) is 6.53. The van der Waals surface area contributed by atoms with Gasteiger partial charge in [-0.3, -0.25) is 9.71 Å². The van der Waals surface area contributed by atoms with Crippen molar-refractivity contribution in [3.05, 3.63) is 53.0 Å². The molecule has 0 atom stereocenters. The van der Waals surface area contributed by atoms with Crippen LogP contribution in [0.15, 0.2) is 56.6 Å². The number of rotatable bonds is 5. The average molecular weight is 374 g/mol. The smallest absolute Gasteiger partial charge is 0.417 e. The van der Waals surface area contributed by atoms with Crippen LogP contribution in [-0.4, -0.2) is 19.5 Å². The summed E-state index contributed by atoms with van der Waals surface area (Å²) < 4.78 is 38.4. The number of fused-ring (bicyclic) bond motifs is 1. The number of benzene rings is 2. The third-order valence-electron chi connectivity index (χ3n) is 4.41. The predicted molar refractivity (Wildman–Crippen MR) is 97.0 cm³/mol. The molecule has 8 heteroatoms. The molecule has 1 aliphatic rings. The first-order valence-electron chi connectivity index (χ1n) is 8.42. The number of sulfonamides is 1. The minimum atomic E-state index is -3.80. The van der Waals surface area contributed by atoms with Crippen LogP contribution in [-0.2, 0) is 10.0 Å². The number of oxazole rings is 1. The van der Waals surface area contributed by atoms with Gasteiger partial charge < -0.3 is 9.15 Å². The molecule has 1 fully saturated rings. The molecule has 4 rings (SSSR count). The van der Waals surface area contributed by atoms with Gasteiger partial charge in [0.15, 0.2) is 5.58 Å². The summed E-state index contributed by atoms with van der Waals surface area (Å²) in [6.45, 7) is 0. The van der Waals surface area contributed by atoms with Crippen LogP contribution in [0, 0.1) is 0 Å². The average Bonchev–Trinajstić information content (AvgIpc) is 3.24. The normalized spacial score (nSPS) is 15.4. The van der Waals surface area contributed by atoms with E-state index < -0.39 is 15.8 Å². The Balaban J connectivity index is 1.51. The van der Waals surface area contributed by atoms with Gasteiger partial charge in [0.25, 0.3) is 10.0 Å². The third kappa shape index (κ3) is 3.45. The predicted octanol–water partition coefficient (Wildman–Crippen LogP) is 3.24. The number of hydrogen-bond acceptors (Lipinski definition) is 5. The molecule has 0 aliphatic heterocycles. The molecular formula is C18H18N2O5S. The Bertz CT molecular complexity index is 1080. The number of hydrogen-bond donors (Lipinski definition) is 2. The molecule has 7 nitrogen and oxygen atoms in total. The van der Waals surface area contributed by atoms with E-state index >= 15 is 0 Å². The van der Waals surface area contributed by atoms with Crippen molar-refractivity contribution in [1.29, 1.82) is 0 Å². The maximum absolute atomic E-state index is 12.5. The number of nitrogens with one attached hydrogen (secondary N) is 2. The molecule has 3 aromatic rings. The molecular weight excluding hydrogens is 356 g/mol. The molecule has 0 amide bonds. The fraction of sp³-hybridized carbons (Fsp3) is 0.278. The SMILES string of the molecule is O=c1[nH]c2ccc(S(=O)(=O)Nc3ccc(OC4CCCC4)cc3)cc2o1. The van der Waals surface area contributed by atoms with Gasteiger partial charge in [0.1, 0.15) is 5.75 Å². The fourth-order valence-electron chi connectivity index (χ4n) is 3.11. The Morgan fingerprint density at radius 1 is 1.08 bits per heavy atom. The zero-order valence-electron chi connectivity index (χ0n) is 13.9. The highest BCUT2D eigenvalue weighted by Gasteiger charge is 2.18. The van der Waals surface area contributed by atoms with Crippen molar-refractivity contribution in [2.75, 3.05) is 4.72 Å². The lowest BCUT2D eigenvalue weighted by Crippen LogP contribution is -2.13. The molecule has 136 valence electrons. The van der Waals surface area contributed by atoms with Gasteiger partial charge in [0, 0.05) is 11.8 Å². The highest BCUT2D eigenvalue weighted by molar-refractivity contribution is 7.92. The van der Waals surface area contributed by atoms with E-state index in [0.717, 1.165) is 18.6 Å². The summed E-state index contributed by atoms with van der Waals surface area (Å²) in [5.74, 6) is 0.107. The third-order valence-corrected chi connectivity index (χ3v) is 5.79. The monoisotopic (exact) mass is 374 g/mol. The summed E-state index contributed by atoms with van der Waals surface area (Å²) >= 11 is 0. The van der Waals surface area contributed by atoms with Gasteiger partial charge in [-0.05, 0) is 62.1 Å². The molecule has 0 saturated heterocycles. The molecule has 0 radical (unpaired) electrons. The van der Waals surface area contributed by atoms with Crippen molar-refractivity contribution >= 4 is 26.8 Å². The van der Waals surface area contributed by atoms with Gasteiger partial charge >= 0.3 is 5.76 Å². The van der Waals surface area contributed by atoms with Gasteiger partial charge in [0.2, 0.25) is 0 Å². The van der Waals surface area contributed by atoms with Crippen LogP contribution in [0.2, 0.25) is 0 Å². The molecule has 1 heterocycles. The molecule has 0 spiro atoms. The van der Waals surface area contributed by atoms with Crippen molar-refractivity contribution < 1.29 is 17.6 Å². The molecule has 0 bridgehead atoms. The molecule has 0 unspecified atom stereocenters. The van der Waals surface area contributed by atoms with Crippen molar-refractivity contribution in [2.24, 2.45) is 0 Å². The van der Waals surface area contributed by atoms with Crippen molar-refractivity contribution in [1.82, 2.24) is 4.98 Å². The second-order valence-corrected chi connectivity index (χ2v) is 8.01. The molecule has 2 N–H and O–H groups in total. The Morgan fingerprint density at radius 3 is 2.54 bits per heavy atom. The summed E-state index contributed by atoms with van der Waals surface area (Å²) in [6, 6.07) is 11.1. The van der Waals surface area contributed by atoms with E-state index in [1.807, 2.05) is 0 Å². The Kier molecular flexibility index (Phi) is 4.20. The summed E-state index contributed by atoms with van der Waals surface area (Å²) in [6.07, 6.45) is 4.75. The Labute approximate surface area is 150 Å². The standard InChI is InChI=1S/C18H18N2O5S/c21-18-19-16-10-9-15(11-17(16)25-18)26(22,23)20-12-5-7-14(8-6-12)24-13-3-1-2-4-13/h5-11,13,20H,1-4H2,(H,19,21). The molecule has 1 aromatic heterocycles. The summed E-state index contributed by atoms with van der Waals surface area (Å²) in [7, 11) is -3.80. The van der Waals surface area contributed by atoms with E-state index in [2.05, 4.69) is 9.71 Å². The summed E-state index contributed by atoms with van der Waals surface area (Å²) in [5.41, 5.74) is 1.07. The lowest BCUT2D eigenvalue weighted by molar-refractivity contribution is 0.210. The van der Waals surface area contributed by atoms with Crippen LogP contribution in [0.3, 0.4) is 0 Å². The van der Waals surface area contributed by atoms with E-state index in [-0.39, 0.29) is 16.6 Å². The van der Waals surface area contributed by atoms with Crippen molar-refractivity contribution in [3.63, 3.8) is 0 Å². The van der Waals surface area contributed by atoms with Gasteiger partial charge in [-0.15, -0.1) is 0 Å². The maximum Gasteiger partial charge on any atom is 0.417 e. The topological polar surface area (TPSA) is 101 Å². The number of aromatic nitrogens is 1. The largest absolute Gasteiger partial charge is 0.490 e. The van der Waals surface area contributed by atoms with E-state index in [9.17, 15) is 13.2 Å². The number of H-pyrrole nitrogens is 1. The first-order valence-corrected chi connectivity index (χ1v) is 9.90. The van der Waals surface area contributed by atoms with E-state index in [0.29, 0.717) is 11.2 Å². The van der Waals surface area contributed by atoms with Gasteiger partial charge in [-0.25, -0.2) is 13.2 Å². The van der Waals surface area contributed by atoms with E-state index in [4.69, 9.17) is 9.15 Å². The Hall–Kier alpha value is -2.74. The number of aromatic amines is 1. The second-order valence-electron chi connectivity index (χ2n) is 6.33. The molecule has 1 aliphatic carbocycles. The van der Waals surface area contributed by atoms with Crippen LogP contribution < -0.4 is 15.2 Å². The molecule has 1 saturated carbocycles. The van der Waals surface area contributed by atoms with Gasteiger partial charge in [-0.2, -0.15) is 0 Å². The maximum atomic E-state index is 12.5. The highest BCUT2D eigenvalue weighted by atomic mass is 32.2. The first-order chi connectivity index (χ1) is 12.5. The minimum Gasteiger partial charge on any atom is -0.490 e. The van der Waals surface area contributed by atoms with Crippen molar-refractivity contribution in [3.8, 4) is 5.75 Å². The van der Waals surface area contributed by atoms with Crippen molar-refractivity contribution in [2.45, 2.75) is 36.7 Å². The van der Waals surface area contributed by atoms with E-state index in [1.54, 1.807) is 24.3 Å². The summed E-state index contributed by atoms with van der Waals surface area (Å²) in [5, 5.41) is 0. The van der Waals surface area contributed by atoms with Gasteiger partial charge in [-0.1, -0.05) is 0 Å². The fourth-order valence-corrected chi connectivity index (χ4v) is 4.18. The van der Waals surface area contributed by atoms with Crippen LogP contribution in [0.4, 0.5) is 5.69 Å². The first kappa shape index (κ1) is 16.7. The Morgan fingerprint density at radius 2 is 1.81 bits per heavy atom. The van der Waals surface area contributed by atoms with Crippen LogP contribution in [0.5, 0.6) is 5.75 Å². The van der Waals surface area contributed by atoms with Gasteiger partial charge in [0.05, 0.1) is 16.5 Å². The zero-order chi connectivity index (χ0) is 18.1. The zero-order valence-corrected chi connectivity index (χ0v) is 14.7. The summed E-state index contributed by atoms with van der Waals surface area (Å²) in [4.78, 5) is 13.7. The number of anilines is 1. The molecule has 26 heavy (non-hydrogen) atoms. The van der Waals surface area contributed by atoms with Crippen LogP contribution >= 0.6 is 0 Å². The highest BCUT2D eigenvalue weighted by Crippen LogP contribution is 2.26. The van der Waals surface area contributed by atoms with Crippen LogP contribution in [0.25, 0.3) is 11.1 Å².